The molecule has 3 heteroatoms. The van der Waals surface area contributed by atoms with Gasteiger partial charge in [-0.05, 0) is 32.0 Å². The summed E-state index contributed by atoms with van der Waals surface area (Å²) in [6.07, 6.45) is 2.16. The zero-order chi connectivity index (χ0) is 8.91. The van der Waals surface area contributed by atoms with Crippen LogP contribution >= 0.6 is 0 Å². The molecular formula is C8H19FOSi. The Balaban J connectivity index is 3.38. The monoisotopic (exact) mass is 178 g/mol. The van der Waals surface area contributed by atoms with Crippen molar-refractivity contribution in [2.75, 3.05) is 0 Å². The summed E-state index contributed by atoms with van der Waals surface area (Å²) in [6, 6.07) is 0.591. The van der Waals surface area contributed by atoms with E-state index in [9.17, 15) is 9.21 Å². The van der Waals surface area contributed by atoms with E-state index in [2.05, 4.69) is 0 Å². The third-order valence-electron chi connectivity index (χ3n) is 1.69. The normalized spacial score (nSPS) is 15.0. The Morgan fingerprint density at radius 2 is 1.91 bits per heavy atom. The van der Waals surface area contributed by atoms with Crippen molar-refractivity contribution in [1.29, 1.82) is 0 Å². The van der Waals surface area contributed by atoms with Gasteiger partial charge in [0.2, 0.25) is 8.41 Å². The second-order valence-electron chi connectivity index (χ2n) is 3.70. The molecule has 0 bridgehead atoms. The molecule has 0 fully saturated rings. The minimum atomic E-state index is -2.41. The SMILES string of the molecule is CCCC(O)CC[Si](C)(C)F. The third kappa shape index (κ3) is 8.01. The van der Waals surface area contributed by atoms with Gasteiger partial charge in [-0.1, -0.05) is 13.3 Å². The summed E-state index contributed by atoms with van der Waals surface area (Å²) in [7, 11) is -2.41. The van der Waals surface area contributed by atoms with Crippen LogP contribution in [0.5, 0.6) is 0 Å². The molecule has 0 saturated carbocycles. The Morgan fingerprint density at radius 1 is 1.36 bits per heavy atom. The lowest BCUT2D eigenvalue weighted by Gasteiger charge is -2.13. The second kappa shape index (κ2) is 4.88. The topological polar surface area (TPSA) is 20.2 Å². The van der Waals surface area contributed by atoms with Gasteiger partial charge >= 0.3 is 0 Å². The number of halogens is 1. The van der Waals surface area contributed by atoms with Crippen LogP contribution in [0.15, 0.2) is 0 Å². The Bertz CT molecular complexity index is 101. The molecular weight excluding hydrogens is 159 g/mol. The number of hydrogen-bond acceptors (Lipinski definition) is 1. The van der Waals surface area contributed by atoms with Crippen molar-refractivity contribution in [3.05, 3.63) is 0 Å². The smallest absolute Gasteiger partial charge is 0.241 e. The van der Waals surface area contributed by atoms with Gasteiger partial charge in [0.15, 0.2) is 0 Å². The lowest BCUT2D eigenvalue weighted by Crippen LogP contribution is -2.20. The van der Waals surface area contributed by atoms with Crippen LogP contribution in [0.2, 0.25) is 19.1 Å². The Hall–Kier alpha value is 0.107. The number of aliphatic hydroxyl groups is 1. The van der Waals surface area contributed by atoms with E-state index >= 15 is 0 Å². The number of aliphatic hydroxyl groups excluding tert-OH is 1. The van der Waals surface area contributed by atoms with Crippen molar-refractivity contribution in [3.8, 4) is 0 Å². The standard InChI is InChI=1S/C8H19FOSi/c1-4-5-8(10)6-7-11(2,3)9/h8,10H,4-7H2,1-3H3. The molecule has 0 heterocycles. The number of hydrogen-bond donors (Lipinski definition) is 1. The van der Waals surface area contributed by atoms with Crippen LogP contribution in [0.3, 0.4) is 0 Å². The molecule has 1 atom stereocenters. The lowest BCUT2D eigenvalue weighted by molar-refractivity contribution is 0.158. The first-order chi connectivity index (χ1) is 4.95. The summed E-state index contributed by atoms with van der Waals surface area (Å²) in [5.74, 6) is 0. The van der Waals surface area contributed by atoms with Gasteiger partial charge in [0.25, 0.3) is 0 Å². The van der Waals surface area contributed by atoms with Crippen molar-refractivity contribution < 1.29 is 9.21 Å². The molecule has 0 amide bonds. The van der Waals surface area contributed by atoms with Crippen molar-refractivity contribution in [1.82, 2.24) is 0 Å². The van der Waals surface area contributed by atoms with E-state index in [1.807, 2.05) is 6.92 Å². The first-order valence-corrected chi connectivity index (χ1v) is 7.41. The van der Waals surface area contributed by atoms with Crippen LogP contribution in [0.4, 0.5) is 4.11 Å². The summed E-state index contributed by atoms with van der Waals surface area (Å²) in [5.41, 5.74) is 0. The van der Waals surface area contributed by atoms with Gasteiger partial charge in [0.1, 0.15) is 0 Å². The summed E-state index contributed by atoms with van der Waals surface area (Å²) < 4.78 is 13.0. The minimum absolute atomic E-state index is 0.275. The summed E-state index contributed by atoms with van der Waals surface area (Å²) in [4.78, 5) is 0. The predicted molar refractivity (Wildman–Crippen MR) is 48.9 cm³/mol. The average molecular weight is 178 g/mol. The highest BCUT2D eigenvalue weighted by atomic mass is 28.4. The zero-order valence-electron chi connectivity index (χ0n) is 7.73. The highest BCUT2D eigenvalue weighted by Gasteiger charge is 2.20. The molecule has 1 N–H and O–H groups in total. The molecule has 0 rings (SSSR count). The largest absolute Gasteiger partial charge is 0.393 e. The van der Waals surface area contributed by atoms with Gasteiger partial charge < -0.3 is 9.21 Å². The fourth-order valence-electron chi connectivity index (χ4n) is 0.987. The van der Waals surface area contributed by atoms with E-state index in [1.54, 1.807) is 13.1 Å². The summed E-state index contributed by atoms with van der Waals surface area (Å²) in [6.45, 7) is 5.40. The van der Waals surface area contributed by atoms with Crippen molar-refractivity contribution in [2.24, 2.45) is 0 Å². The van der Waals surface area contributed by atoms with Crippen LogP contribution in [0, 0.1) is 0 Å². The fraction of sp³-hybridized carbons (Fsp3) is 1.00. The van der Waals surface area contributed by atoms with E-state index in [-0.39, 0.29) is 6.10 Å². The van der Waals surface area contributed by atoms with Gasteiger partial charge in [-0.15, -0.1) is 0 Å². The minimum Gasteiger partial charge on any atom is -0.393 e. The highest BCUT2D eigenvalue weighted by molar-refractivity contribution is 6.70. The quantitative estimate of drug-likeness (QED) is 0.507. The molecule has 0 aromatic rings. The van der Waals surface area contributed by atoms with Crippen LogP contribution in [0.25, 0.3) is 0 Å². The van der Waals surface area contributed by atoms with Crippen LogP contribution in [0.1, 0.15) is 26.2 Å². The van der Waals surface area contributed by atoms with Crippen LogP contribution in [-0.4, -0.2) is 19.6 Å². The van der Waals surface area contributed by atoms with E-state index < -0.39 is 8.41 Å². The van der Waals surface area contributed by atoms with Crippen LogP contribution < -0.4 is 0 Å². The van der Waals surface area contributed by atoms with E-state index in [0.717, 1.165) is 12.8 Å². The average Bonchev–Trinajstić information content (AvgIpc) is 1.83. The molecule has 0 aliphatic rings. The van der Waals surface area contributed by atoms with Gasteiger partial charge in [-0.2, -0.15) is 0 Å². The lowest BCUT2D eigenvalue weighted by atomic mass is 10.2. The zero-order valence-corrected chi connectivity index (χ0v) is 8.73. The van der Waals surface area contributed by atoms with E-state index in [4.69, 9.17) is 0 Å². The van der Waals surface area contributed by atoms with Crippen molar-refractivity contribution in [2.45, 2.75) is 51.4 Å². The Morgan fingerprint density at radius 3 is 2.27 bits per heavy atom. The molecule has 68 valence electrons. The molecule has 0 aliphatic heterocycles. The van der Waals surface area contributed by atoms with Crippen LogP contribution in [-0.2, 0) is 0 Å². The first-order valence-electron chi connectivity index (χ1n) is 4.32. The second-order valence-corrected chi connectivity index (χ2v) is 7.64. The maximum absolute atomic E-state index is 13.0. The Labute approximate surface area is 69.8 Å². The van der Waals surface area contributed by atoms with Gasteiger partial charge in [0, 0.05) is 0 Å². The molecule has 0 radical (unpaired) electrons. The highest BCUT2D eigenvalue weighted by Crippen LogP contribution is 2.16. The number of rotatable bonds is 5. The molecule has 0 spiro atoms. The molecule has 11 heavy (non-hydrogen) atoms. The Kier molecular flexibility index (Phi) is 4.93. The van der Waals surface area contributed by atoms with E-state index in [1.165, 1.54) is 0 Å². The fourth-order valence-corrected chi connectivity index (χ4v) is 2.01. The van der Waals surface area contributed by atoms with Crippen molar-refractivity contribution >= 4 is 8.41 Å². The van der Waals surface area contributed by atoms with Gasteiger partial charge in [-0.3, -0.25) is 0 Å². The molecule has 0 aromatic heterocycles. The maximum Gasteiger partial charge on any atom is 0.241 e. The van der Waals surface area contributed by atoms with E-state index in [0.29, 0.717) is 12.5 Å². The third-order valence-corrected chi connectivity index (χ3v) is 3.17. The molecule has 0 saturated heterocycles. The first kappa shape index (κ1) is 11.1. The van der Waals surface area contributed by atoms with Gasteiger partial charge in [-0.25, -0.2) is 0 Å². The summed E-state index contributed by atoms with van der Waals surface area (Å²) in [5, 5.41) is 9.27. The van der Waals surface area contributed by atoms with Gasteiger partial charge in [0.05, 0.1) is 6.10 Å². The molecule has 1 nitrogen and oxygen atoms in total. The molecule has 1 unspecified atom stereocenters. The molecule has 0 aliphatic carbocycles. The van der Waals surface area contributed by atoms with Crippen molar-refractivity contribution in [3.63, 3.8) is 0 Å². The molecule has 0 aromatic carbocycles. The summed E-state index contributed by atoms with van der Waals surface area (Å²) >= 11 is 0. The maximum atomic E-state index is 13.0. The predicted octanol–water partition coefficient (Wildman–Crippen LogP) is 2.71.